The second-order valence-electron chi connectivity index (χ2n) is 6.82. The zero-order valence-electron chi connectivity index (χ0n) is 15.7. The zero-order valence-corrected chi connectivity index (χ0v) is 17.3. The Morgan fingerprint density at radius 2 is 1.83 bits per heavy atom. The lowest BCUT2D eigenvalue weighted by molar-refractivity contribution is -0.384. The SMILES string of the molecule is Cc1ccc(S(=O)(=O)N2CCCCC2)cc1NC(=O)c1ccc(Cl)c([N+](=O)[O-])c1. The number of nitrogens with one attached hydrogen (secondary N) is 1. The minimum Gasteiger partial charge on any atom is -0.322 e. The van der Waals surface area contributed by atoms with Crippen molar-refractivity contribution in [1.82, 2.24) is 4.31 Å². The van der Waals surface area contributed by atoms with Crippen LogP contribution in [0.15, 0.2) is 41.3 Å². The molecule has 1 aliphatic rings. The van der Waals surface area contributed by atoms with Crippen molar-refractivity contribution in [2.24, 2.45) is 0 Å². The number of hydrogen-bond acceptors (Lipinski definition) is 5. The van der Waals surface area contributed by atoms with Gasteiger partial charge in [0, 0.05) is 30.4 Å². The van der Waals surface area contributed by atoms with Gasteiger partial charge in [-0.15, -0.1) is 0 Å². The van der Waals surface area contributed by atoms with Crippen molar-refractivity contribution in [2.45, 2.75) is 31.1 Å². The van der Waals surface area contributed by atoms with E-state index in [0.717, 1.165) is 25.3 Å². The minimum absolute atomic E-state index is 0.0461. The topological polar surface area (TPSA) is 110 Å². The molecule has 2 aromatic carbocycles. The highest BCUT2D eigenvalue weighted by molar-refractivity contribution is 7.89. The van der Waals surface area contributed by atoms with Gasteiger partial charge >= 0.3 is 0 Å². The molecule has 8 nitrogen and oxygen atoms in total. The first-order valence-corrected chi connectivity index (χ1v) is 10.9. The maximum absolute atomic E-state index is 12.9. The highest BCUT2D eigenvalue weighted by Crippen LogP contribution is 2.28. The Morgan fingerprint density at radius 3 is 2.48 bits per heavy atom. The molecule has 1 heterocycles. The summed E-state index contributed by atoms with van der Waals surface area (Å²) in [6.45, 7) is 2.69. The molecule has 0 bridgehead atoms. The molecule has 10 heteroatoms. The summed E-state index contributed by atoms with van der Waals surface area (Å²) in [5.41, 5.74) is 0.660. The van der Waals surface area contributed by atoms with Crippen LogP contribution in [-0.4, -0.2) is 36.6 Å². The smallest absolute Gasteiger partial charge is 0.288 e. The molecule has 1 saturated heterocycles. The molecular weight excluding hydrogens is 418 g/mol. The molecule has 0 atom stereocenters. The predicted molar refractivity (Wildman–Crippen MR) is 110 cm³/mol. The van der Waals surface area contributed by atoms with E-state index in [0.29, 0.717) is 24.3 Å². The molecular formula is C19H20ClN3O5S. The van der Waals surface area contributed by atoms with Crippen molar-refractivity contribution < 1.29 is 18.1 Å². The Bertz CT molecular complexity index is 1070. The number of sulfonamides is 1. The second-order valence-corrected chi connectivity index (χ2v) is 9.16. The highest BCUT2D eigenvalue weighted by Gasteiger charge is 2.26. The van der Waals surface area contributed by atoms with Gasteiger partial charge in [0.05, 0.1) is 9.82 Å². The molecule has 0 spiro atoms. The molecule has 154 valence electrons. The van der Waals surface area contributed by atoms with Gasteiger partial charge in [-0.05, 0) is 49.6 Å². The normalized spacial score (nSPS) is 15.1. The van der Waals surface area contributed by atoms with E-state index in [-0.39, 0.29) is 21.2 Å². The van der Waals surface area contributed by atoms with E-state index in [1.165, 1.54) is 28.6 Å². The van der Waals surface area contributed by atoms with Gasteiger partial charge in [-0.3, -0.25) is 14.9 Å². The van der Waals surface area contributed by atoms with Gasteiger partial charge in [0.25, 0.3) is 11.6 Å². The van der Waals surface area contributed by atoms with Gasteiger partial charge in [0.1, 0.15) is 5.02 Å². The lowest BCUT2D eigenvalue weighted by atomic mass is 10.1. The minimum atomic E-state index is -3.65. The number of hydrogen-bond donors (Lipinski definition) is 1. The van der Waals surface area contributed by atoms with Crippen LogP contribution in [-0.2, 0) is 10.0 Å². The molecule has 1 amide bonds. The highest BCUT2D eigenvalue weighted by atomic mass is 35.5. The largest absolute Gasteiger partial charge is 0.322 e. The van der Waals surface area contributed by atoms with Crippen LogP contribution in [0, 0.1) is 17.0 Å². The lowest BCUT2D eigenvalue weighted by Crippen LogP contribution is -2.35. The van der Waals surface area contributed by atoms with Crippen LogP contribution in [0.5, 0.6) is 0 Å². The fourth-order valence-electron chi connectivity index (χ4n) is 3.14. The van der Waals surface area contributed by atoms with Crippen LogP contribution < -0.4 is 5.32 Å². The van der Waals surface area contributed by atoms with Crippen LogP contribution >= 0.6 is 11.6 Å². The molecule has 3 rings (SSSR count). The molecule has 1 N–H and O–H groups in total. The third-order valence-corrected chi connectivity index (χ3v) is 7.03. The van der Waals surface area contributed by atoms with Crippen molar-refractivity contribution in [3.8, 4) is 0 Å². The molecule has 0 aromatic heterocycles. The molecule has 1 fully saturated rings. The number of rotatable bonds is 5. The number of aryl methyl sites for hydroxylation is 1. The Labute approximate surface area is 173 Å². The van der Waals surface area contributed by atoms with E-state index in [2.05, 4.69) is 5.32 Å². The standard InChI is InChI=1S/C19H20ClN3O5S/c1-13-5-7-15(29(27,28)22-9-3-2-4-10-22)12-17(13)21-19(24)14-6-8-16(20)18(11-14)23(25)26/h5-8,11-12H,2-4,9-10H2,1H3,(H,21,24). The van der Waals surface area contributed by atoms with Crippen LogP contribution in [0.4, 0.5) is 11.4 Å². The van der Waals surface area contributed by atoms with Crippen molar-refractivity contribution in [3.63, 3.8) is 0 Å². The van der Waals surface area contributed by atoms with Gasteiger partial charge in [0.2, 0.25) is 10.0 Å². The predicted octanol–water partition coefficient (Wildman–Crippen LogP) is 3.98. The maximum atomic E-state index is 12.9. The summed E-state index contributed by atoms with van der Waals surface area (Å²) in [7, 11) is -3.65. The number of carbonyl (C=O) groups excluding carboxylic acids is 1. The van der Waals surface area contributed by atoms with Crippen LogP contribution in [0.3, 0.4) is 0 Å². The van der Waals surface area contributed by atoms with E-state index in [9.17, 15) is 23.3 Å². The summed E-state index contributed by atoms with van der Waals surface area (Å²) in [6, 6.07) is 8.29. The van der Waals surface area contributed by atoms with Crippen molar-refractivity contribution >= 4 is 38.9 Å². The van der Waals surface area contributed by atoms with Crippen LogP contribution in [0.2, 0.25) is 5.02 Å². The number of nitro benzene ring substituents is 1. The summed E-state index contributed by atoms with van der Waals surface area (Å²) >= 11 is 5.78. The number of piperidine rings is 1. The fourth-order valence-corrected chi connectivity index (χ4v) is 4.87. The summed E-state index contributed by atoms with van der Waals surface area (Å²) in [5, 5.41) is 13.6. The third-order valence-electron chi connectivity index (χ3n) is 4.82. The first-order valence-electron chi connectivity index (χ1n) is 9.06. The average Bonchev–Trinajstić information content (AvgIpc) is 2.70. The van der Waals surface area contributed by atoms with E-state index >= 15 is 0 Å². The molecule has 0 unspecified atom stereocenters. The van der Waals surface area contributed by atoms with Gasteiger partial charge in [0.15, 0.2) is 0 Å². The Morgan fingerprint density at radius 1 is 1.14 bits per heavy atom. The fraction of sp³-hybridized carbons (Fsp3) is 0.316. The lowest BCUT2D eigenvalue weighted by Gasteiger charge is -2.26. The summed E-state index contributed by atoms with van der Waals surface area (Å²) in [4.78, 5) is 23.0. The number of carbonyl (C=O) groups is 1. The molecule has 0 saturated carbocycles. The second kappa shape index (κ2) is 8.48. The number of amides is 1. The number of benzene rings is 2. The van der Waals surface area contributed by atoms with E-state index < -0.39 is 20.9 Å². The van der Waals surface area contributed by atoms with Crippen LogP contribution in [0.1, 0.15) is 35.2 Å². The van der Waals surface area contributed by atoms with E-state index in [1.807, 2.05) is 0 Å². The van der Waals surface area contributed by atoms with E-state index in [4.69, 9.17) is 11.6 Å². The van der Waals surface area contributed by atoms with Crippen LogP contribution in [0.25, 0.3) is 0 Å². The summed E-state index contributed by atoms with van der Waals surface area (Å²) < 4.78 is 27.2. The van der Waals surface area contributed by atoms with Gasteiger partial charge in [-0.1, -0.05) is 24.1 Å². The van der Waals surface area contributed by atoms with Gasteiger partial charge in [-0.2, -0.15) is 4.31 Å². The molecule has 0 aliphatic carbocycles. The third kappa shape index (κ3) is 4.58. The van der Waals surface area contributed by atoms with Crippen molar-refractivity contribution in [1.29, 1.82) is 0 Å². The van der Waals surface area contributed by atoms with Gasteiger partial charge in [-0.25, -0.2) is 8.42 Å². The molecule has 0 radical (unpaired) electrons. The summed E-state index contributed by atoms with van der Waals surface area (Å²) in [6.07, 6.45) is 2.66. The first-order chi connectivity index (χ1) is 13.7. The van der Waals surface area contributed by atoms with Crippen molar-refractivity contribution in [3.05, 3.63) is 62.7 Å². The van der Waals surface area contributed by atoms with Gasteiger partial charge < -0.3 is 5.32 Å². The number of anilines is 1. The summed E-state index contributed by atoms with van der Waals surface area (Å²) in [5.74, 6) is -0.597. The Hall–Kier alpha value is -2.49. The zero-order chi connectivity index (χ0) is 21.2. The average molecular weight is 438 g/mol. The first kappa shape index (κ1) is 21.2. The monoisotopic (exact) mass is 437 g/mol. The molecule has 29 heavy (non-hydrogen) atoms. The van der Waals surface area contributed by atoms with E-state index in [1.54, 1.807) is 13.0 Å². The molecule has 2 aromatic rings. The Balaban J connectivity index is 1.88. The van der Waals surface area contributed by atoms with Crippen molar-refractivity contribution in [2.75, 3.05) is 18.4 Å². The molecule has 1 aliphatic heterocycles. The maximum Gasteiger partial charge on any atom is 0.288 e. The number of nitro groups is 1. The number of nitrogens with zero attached hydrogens (tertiary/aromatic N) is 2. The Kier molecular flexibility index (Phi) is 6.21. The number of halogens is 1. The quantitative estimate of drug-likeness (QED) is 0.561.